The third-order valence-corrected chi connectivity index (χ3v) is 4.61. The molecule has 168 valence electrons. The zero-order valence-electron chi connectivity index (χ0n) is 18.7. The van der Waals surface area contributed by atoms with Crippen molar-refractivity contribution in [3.8, 4) is 11.5 Å². The number of anilines is 2. The van der Waals surface area contributed by atoms with Crippen molar-refractivity contribution in [1.82, 2.24) is 4.98 Å². The Morgan fingerprint density at radius 1 is 1.03 bits per heavy atom. The molecule has 3 aromatic rings. The van der Waals surface area contributed by atoms with E-state index in [2.05, 4.69) is 10.3 Å². The van der Waals surface area contributed by atoms with Crippen molar-refractivity contribution in [3.05, 3.63) is 53.7 Å². The van der Waals surface area contributed by atoms with Gasteiger partial charge in [-0.15, -0.1) is 0 Å². The van der Waals surface area contributed by atoms with Crippen molar-refractivity contribution in [2.24, 2.45) is 0 Å². The first-order valence-electron chi connectivity index (χ1n) is 10.2. The predicted molar refractivity (Wildman–Crippen MR) is 121 cm³/mol. The number of carbonyl (C=O) groups excluding carboxylic acids is 2. The van der Waals surface area contributed by atoms with Crippen LogP contribution in [0.2, 0.25) is 0 Å². The summed E-state index contributed by atoms with van der Waals surface area (Å²) in [4.78, 5) is 29.5. The first-order chi connectivity index (χ1) is 15.4. The second kappa shape index (κ2) is 10.00. The lowest BCUT2D eigenvalue weighted by Gasteiger charge is -2.17. The highest BCUT2D eigenvalue weighted by molar-refractivity contribution is 6.08. The fourth-order valence-corrected chi connectivity index (χ4v) is 3.15. The maximum atomic E-state index is 12.7. The van der Waals surface area contributed by atoms with Gasteiger partial charge in [0.05, 0.1) is 49.4 Å². The molecule has 3 rings (SSSR count). The van der Waals surface area contributed by atoms with Gasteiger partial charge in [0, 0.05) is 17.6 Å². The highest BCUT2D eigenvalue weighted by Crippen LogP contribution is 2.36. The van der Waals surface area contributed by atoms with Crippen LogP contribution in [0.15, 0.2) is 42.6 Å². The quantitative estimate of drug-likeness (QED) is 0.504. The van der Waals surface area contributed by atoms with Crippen LogP contribution in [-0.4, -0.2) is 43.9 Å². The molecule has 1 N–H and O–H groups in total. The van der Waals surface area contributed by atoms with Gasteiger partial charge in [-0.05, 0) is 51.1 Å². The van der Waals surface area contributed by atoms with E-state index in [4.69, 9.17) is 18.9 Å². The average Bonchev–Trinajstić information content (AvgIpc) is 2.78. The Kier molecular flexibility index (Phi) is 7.14. The Hall–Kier alpha value is -3.81. The Bertz CT molecular complexity index is 1140. The van der Waals surface area contributed by atoms with E-state index in [1.54, 1.807) is 71.4 Å². The number of fused-ring (bicyclic) bond motifs is 1. The lowest BCUT2D eigenvalue weighted by atomic mass is 10.1. The number of carbonyl (C=O) groups is 2. The summed E-state index contributed by atoms with van der Waals surface area (Å²) < 4.78 is 21.3. The second-order valence-electron chi connectivity index (χ2n) is 7.14. The highest BCUT2D eigenvalue weighted by Gasteiger charge is 2.20. The van der Waals surface area contributed by atoms with Crippen molar-refractivity contribution in [2.45, 2.75) is 26.9 Å². The third kappa shape index (κ3) is 4.91. The molecule has 0 fully saturated rings. The molecule has 0 spiro atoms. The van der Waals surface area contributed by atoms with Gasteiger partial charge < -0.3 is 24.3 Å². The van der Waals surface area contributed by atoms with E-state index in [0.717, 1.165) is 0 Å². The minimum Gasteiger partial charge on any atom is -0.497 e. The minimum absolute atomic E-state index is 0.208. The van der Waals surface area contributed by atoms with E-state index in [-0.39, 0.29) is 18.3 Å². The molecule has 0 aliphatic heterocycles. The Balaban J connectivity index is 2.21. The van der Waals surface area contributed by atoms with Crippen molar-refractivity contribution in [2.75, 3.05) is 26.1 Å². The Morgan fingerprint density at radius 3 is 2.47 bits per heavy atom. The van der Waals surface area contributed by atoms with E-state index < -0.39 is 11.9 Å². The van der Waals surface area contributed by atoms with Gasteiger partial charge in [-0.25, -0.2) is 9.59 Å². The Morgan fingerprint density at radius 2 is 1.81 bits per heavy atom. The molecule has 8 nitrogen and oxygen atoms in total. The molecular formula is C24H26N2O6. The summed E-state index contributed by atoms with van der Waals surface area (Å²) in [6.45, 7) is 5.49. The molecular weight excluding hydrogens is 412 g/mol. The van der Waals surface area contributed by atoms with Crippen LogP contribution >= 0.6 is 0 Å². The number of aromatic nitrogens is 1. The number of pyridine rings is 1. The molecule has 0 unspecified atom stereocenters. The molecule has 2 aromatic carbocycles. The van der Waals surface area contributed by atoms with Gasteiger partial charge in [0.2, 0.25) is 0 Å². The number of nitrogens with zero attached hydrogens (tertiary/aromatic N) is 1. The van der Waals surface area contributed by atoms with Crippen LogP contribution in [0.1, 0.15) is 41.5 Å². The predicted octanol–water partition coefficient (Wildman–Crippen LogP) is 4.74. The summed E-state index contributed by atoms with van der Waals surface area (Å²) in [6, 6.07) is 10.2. The fourth-order valence-electron chi connectivity index (χ4n) is 3.15. The van der Waals surface area contributed by atoms with Crippen molar-refractivity contribution < 1.29 is 28.5 Å². The molecule has 1 aromatic heterocycles. The van der Waals surface area contributed by atoms with E-state index in [1.807, 2.05) is 0 Å². The number of rotatable bonds is 8. The lowest BCUT2D eigenvalue weighted by molar-refractivity contribution is 0.0377. The molecule has 0 amide bonds. The molecule has 8 heteroatoms. The zero-order chi connectivity index (χ0) is 23.3. The van der Waals surface area contributed by atoms with Gasteiger partial charge in [-0.3, -0.25) is 4.98 Å². The average molecular weight is 438 g/mol. The number of methoxy groups -OCH3 is 2. The fraction of sp³-hybridized carbons (Fsp3) is 0.292. The summed E-state index contributed by atoms with van der Waals surface area (Å²) in [6.07, 6.45) is 1.18. The first-order valence-corrected chi connectivity index (χ1v) is 10.2. The van der Waals surface area contributed by atoms with Crippen molar-refractivity contribution in [1.29, 1.82) is 0 Å². The molecule has 0 atom stereocenters. The van der Waals surface area contributed by atoms with Gasteiger partial charge >= 0.3 is 11.9 Å². The number of esters is 2. The van der Waals surface area contributed by atoms with Crippen molar-refractivity contribution in [3.63, 3.8) is 0 Å². The first kappa shape index (κ1) is 22.9. The number of ether oxygens (including phenoxy) is 4. The number of hydrogen-bond acceptors (Lipinski definition) is 8. The molecule has 0 aliphatic carbocycles. The molecule has 0 radical (unpaired) electrons. The zero-order valence-corrected chi connectivity index (χ0v) is 18.7. The molecule has 1 heterocycles. The van der Waals surface area contributed by atoms with Crippen LogP contribution < -0.4 is 14.8 Å². The summed E-state index contributed by atoms with van der Waals surface area (Å²) >= 11 is 0. The Labute approximate surface area is 186 Å². The molecule has 0 aliphatic rings. The smallest absolute Gasteiger partial charge is 0.341 e. The molecule has 32 heavy (non-hydrogen) atoms. The maximum Gasteiger partial charge on any atom is 0.341 e. The number of benzene rings is 2. The maximum absolute atomic E-state index is 12.7. The van der Waals surface area contributed by atoms with E-state index in [1.165, 1.54) is 6.20 Å². The van der Waals surface area contributed by atoms with Gasteiger partial charge in [-0.2, -0.15) is 0 Å². The van der Waals surface area contributed by atoms with Crippen LogP contribution in [0.3, 0.4) is 0 Å². The van der Waals surface area contributed by atoms with Crippen LogP contribution in [0.25, 0.3) is 10.9 Å². The summed E-state index contributed by atoms with van der Waals surface area (Å²) in [5.74, 6) is 0.140. The van der Waals surface area contributed by atoms with Crippen LogP contribution in [0.5, 0.6) is 11.5 Å². The third-order valence-electron chi connectivity index (χ3n) is 4.61. The lowest BCUT2D eigenvalue weighted by Crippen LogP contribution is -2.12. The summed E-state index contributed by atoms with van der Waals surface area (Å²) in [7, 11) is 3.11. The normalized spacial score (nSPS) is 10.7. The highest BCUT2D eigenvalue weighted by atomic mass is 16.5. The number of hydrogen-bond donors (Lipinski definition) is 1. The van der Waals surface area contributed by atoms with Crippen LogP contribution in [-0.2, 0) is 9.47 Å². The molecule has 0 saturated heterocycles. The van der Waals surface area contributed by atoms with Crippen molar-refractivity contribution >= 4 is 34.2 Å². The van der Waals surface area contributed by atoms with Gasteiger partial charge in [0.25, 0.3) is 0 Å². The van der Waals surface area contributed by atoms with Gasteiger partial charge in [-0.1, -0.05) is 0 Å². The molecule has 0 saturated carbocycles. The summed E-state index contributed by atoms with van der Waals surface area (Å²) in [5, 5.41) is 3.81. The van der Waals surface area contributed by atoms with E-state index in [0.29, 0.717) is 39.3 Å². The number of nitrogens with one attached hydrogen (secondary N) is 1. The second-order valence-corrected chi connectivity index (χ2v) is 7.14. The molecule has 0 bridgehead atoms. The topological polar surface area (TPSA) is 96.0 Å². The van der Waals surface area contributed by atoms with Gasteiger partial charge in [0.1, 0.15) is 17.1 Å². The monoisotopic (exact) mass is 438 g/mol. The largest absolute Gasteiger partial charge is 0.497 e. The standard InChI is InChI=1S/C24H26N2O6/c1-6-31-24(28)18-13-25-19-9-7-15(23(27)32-14(2)3)11-17(19)22(18)26-20-12-16(29-4)8-10-21(20)30-5/h7-14H,6H2,1-5H3,(H,25,26). The minimum atomic E-state index is -0.540. The van der Waals surface area contributed by atoms with E-state index in [9.17, 15) is 9.59 Å². The van der Waals surface area contributed by atoms with Gasteiger partial charge in [0.15, 0.2) is 0 Å². The summed E-state index contributed by atoms with van der Waals surface area (Å²) in [5.41, 5.74) is 2.15. The van der Waals surface area contributed by atoms with Crippen LogP contribution in [0.4, 0.5) is 11.4 Å². The SMILES string of the molecule is CCOC(=O)c1cnc2ccc(C(=O)OC(C)C)cc2c1Nc1cc(OC)ccc1OC. The van der Waals surface area contributed by atoms with Crippen LogP contribution in [0, 0.1) is 0 Å². The van der Waals surface area contributed by atoms with E-state index >= 15 is 0 Å².